The van der Waals surface area contributed by atoms with Crippen LogP contribution in [0, 0.1) is 0 Å². The van der Waals surface area contributed by atoms with Crippen LogP contribution in [0.25, 0.3) is 0 Å². The Morgan fingerprint density at radius 2 is 2.25 bits per heavy atom. The average Bonchev–Trinajstić information content (AvgIpc) is 3.07. The molecule has 0 fully saturated rings. The molecule has 0 spiro atoms. The van der Waals surface area contributed by atoms with E-state index >= 15 is 0 Å². The Kier molecular flexibility index (Phi) is 5.18. The Morgan fingerprint density at radius 3 is 3.08 bits per heavy atom. The van der Waals surface area contributed by atoms with Crippen LogP contribution < -0.4 is 10.1 Å². The summed E-state index contributed by atoms with van der Waals surface area (Å²) in [7, 11) is 0. The number of aryl methyl sites for hydroxylation is 2. The molecule has 24 heavy (non-hydrogen) atoms. The van der Waals surface area contributed by atoms with Gasteiger partial charge in [-0.05, 0) is 30.9 Å². The smallest absolute Gasteiger partial charge is 0.261 e. The number of hydrogen-bond acceptors (Lipinski definition) is 3. The van der Waals surface area contributed by atoms with Crippen LogP contribution in [0.5, 0.6) is 5.75 Å². The summed E-state index contributed by atoms with van der Waals surface area (Å²) < 4.78 is 7.98. The number of para-hydroxylation sites is 1. The van der Waals surface area contributed by atoms with E-state index in [4.69, 9.17) is 4.74 Å². The molecule has 1 amide bonds. The fraction of sp³-hybridized carbons (Fsp3) is 0.474. The van der Waals surface area contributed by atoms with Crippen LogP contribution in [-0.4, -0.2) is 28.1 Å². The lowest BCUT2D eigenvalue weighted by Crippen LogP contribution is -2.40. The largest absolute Gasteiger partial charge is 0.480 e. The normalized spacial score (nSPS) is 16.5. The maximum Gasteiger partial charge on any atom is 0.261 e. The first-order valence-corrected chi connectivity index (χ1v) is 8.68. The standard InChI is InChI=1S/C19H25N3O2/c1-14(2)18-20-11-13-22(18)12-5-10-21-19(23)17-9-8-15-6-3-4-7-16(15)24-17/h3-4,6-7,11,13-14,17H,5,8-10,12H2,1-2H3,(H,21,23)/t17-/m1/s1. The Bertz CT molecular complexity index is 693. The number of fused-ring (bicyclic) bond motifs is 1. The molecular formula is C19H25N3O2. The number of amides is 1. The maximum atomic E-state index is 12.3. The van der Waals surface area contributed by atoms with Gasteiger partial charge in [0.15, 0.2) is 6.10 Å². The summed E-state index contributed by atoms with van der Waals surface area (Å²) in [4.78, 5) is 16.7. The number of imidazole rings is 1. The highest BCUT2D eigenvalue weighted by atomic mass is 16.5. The third-order valence-corrected chi connectivity index (χ3v) is 4.35. The summed E-state index contributed by atoms with van der Waals surface area (Å²) in [6.45, 7) is 5.79. The van der Waals surface area contributed by atoms with Crippen LogP contribution in [0.2, 0.25) is 0 Å². The van der Waals surface area contributed by atoms with E-state index in [1.807, 2.05) is 30.6 Å². The summed E-state index contributed by atoms with van der Waals surface area (Å²) in [6, 6.07) is 7.93. The number of benzene rings is 1. The zero-order valence-corrected chi connectivity index (χ0v) is 14.4. The van der Waals surface area contributed by atoms with Crippen molar-refractivity contribution < 1.29 is 9.53 Å². The Morgan fingerprint density at radius 1 is 1.42 bits per heavy atom. The van der Waals surface area contributed by atoms with Crippen molar-refractivity contribution >= 4 is 5.91 Å². The number of carbonyl (C=O) groups excluding carboxylic acids is 1. The van der Waals surface area contributed by atoms with Gasteiger partial charge in [-0.1, -0.05) is 32.0 Å². The predicted molar refractivity (Wildman–Crippen MR) is 93.1 cm³/mol. The summed E-state index contributed by atoms with van der Waals surface area (Å²) in [5.74, 6) is 2.32. The first kappa shape index (κ1) is 16.6. The Hall–Kier alpha value is -2.30. The second-order valence-electron chi connectivity index (χ2n) is 6.53. The monoisotopic (exact) mass is 327 g/mol. The van der Waals surface area contributed by atoms with E-state index in [1.165, 1.54) is 5.56 Å². The topological polar surface area (TPSA) is 56.2 Å². The summed E-state index contributed by atoms with van der Waals surface area (Å²) in [6.07, 6.45) is 5.97. The molecule has 1 aromatic carbocycles. The van der Waals surface area contributed by atoms with Crippen molar-refractivity contribution in [3.8, 4) is 5.75 Å². The van der Waals surface area contributed by atoms with Crippen LogP contribution in [0.3, 0.4) is 0 Å². The minimum Gasteiger partial charge on any atom is -0.480 e. The van der Waals surface area contributed by atoms with Gasteiger partial charge in [0.25, 0.3) is 5.91 Å². The molecule has 1 atom stereocenters. The zero-order valence-electron chi connectivity index (χ0n) is 14.4. The van der Waals surface area contributed by atoms with E-state index in [0.29, 0.717) is 12.5 Å². The number of aromatic nitrogens is 2. The summed E-state index contributed by atoms with van der Waals surface area (Å²) in [5.41, 5.74) is 1.18. The lowest BCUT2D eigenvalue weighted by molar-refractivity contribution is -0.128. The molecular weight excluding hydrogens is 302 g/mol. The van der Waals surface area contributed by atoms with Gasteiger partial charge in [-0.2, -0.15) is 0 Å². The first-order chi connectivity index (χ1) is 11.6. The average molecular weight is 327 g/mol. The molecule has 3 rings (SSSR count). The SMILES string of the molecule is CC(C)c1nccn1CCCNC(=O)[C@H]1CCc2ccccc2O1. The van der Waals surface area contributed by atoms with Gasteiger partial charge >= 0.3 is 0 Å². The fourth-order valence-corrected chi connectivity index (χ4v) is 3.09. The molecule has 1 aliphatic heterocycles. The number of ether oxygens (including phenoxy) is 1. The molecule has 1 aromatic heterocycles. The quantitative estimate of drug-likeness (QED) is 0.830. The Labute approximate surface area is 143 Å². The van der Waals surface area contributed by atoms with Gasteiger partial charge in [-0.15, -0.1) is 0 Å². The van der Waals surface area contributed by atoms with E-state index in [0.717, 1.165) is 37.4 Å². The van der Waals surface area contributed by atoms with Crippen molar-refractivity contribution in [2.24, 2.45) is 0 Å². The molecule has 5 heteroatoms. The molecule has 2 heterocycles. The molecule has 2 aromatic rings. The minimum atomic E-state index is -0.376. The van der Waals surface area contributed by atoms with Gasteiger partial charge in [0.05, 0.1) is 0 Å². The molecule has 0 unspecified atom stereocenters. The van der Waals surface area contributed by atoms with E-state index in [2.05, 4.69) is 34.8 Å². The third kappa shape index (κ3) is 3.78. The second kappa shape index (κ2) is 7.51. The lowest BCUT2D eigenvalue weighted by atomic mass is 10.0. The minimum absolute atomic E-state index is 0.0146. The molecule has 0 aliphatic carbocycles. The van der Waals surface area contributed by atoms with Gasteiger partial charge in [0, 0.05) is 31.4 Å². The van der Waals surface area contributed by atoms with Gasteiger partial charge in [-0.3, -0.25) is 4.79 Å². The first-order valence-electron chi connectivity index (χ1n) is 8.68. The van der Waals surface area contributed by atoms with Crippen LogP contribution in [0.4, 0.5) is 0 Å². The zero-order chi connectivity index (χ0) is 16.9. The molecule has 0 saturated heterocycles. The van der Waals surface area contributed by atoms with Crippen LogP contribution in [0.15, 0.2) is 36.7 Å². The van der Waals surface area contributed by atoms with Crippen molar-refractivity contribution in [1.29, 1.82) is 0 Å². The van der Waals surface area contributed by atoms with E-state index in [1.54, 1.807) is 0 Å². The van der Waals surface area contributed by atoms with E-state index in [9.17, 15) is 4.79 Å². The van der Waals surface area contributed by atoms with E-state index < -0.39 is 0 Å². The highest BCUT2D eigenvalue weighted by molar-refractivity contribution is 5.81. The number of nitrogens with zero attached hydrogens (tertiary/aromatic N) is 2. The van der Waals surface area contributed by atoms with Crippen molar-refractivity contribution in [3.63, 3.8) is 0 Å². The third-order valence-electron chi connectivity index (χ3n) is 4.35. The molecule has 0 radical (unpaired) electrons. The van der Waals surface area contributed by atoms with Gasteiger partial charge in [-0.25, -0.2) is 4.98 Å². The Balaban J connectivity index is 1.44. The summed E-state index contributed by atoms with van der Waals surface area (Å²) >= 11 is 0. The van der Waals surface area contributed by atoms with Gasteiger partial charge in [0.1, 0.15) is 11.6 Å². The second-order valence-corrected chi connectivity index (χ2v) is 6.53. The highest BCUT2D eigenvalue weighted by Crippen LogP contribution is 2.27. The van der Waals surface area contributed by atoms with Crippen molar-refractivity contribution in [2.75, 3.05) is 6.54 Å². The highest BCUT2D eigenvalue weighted by Gasteiger charge is 2.25. The van der Waals surface area contributed by atoms with Crippen molar-refractivity contribution in [1.82, 2.24) is 14.9 Å². The van der Waals surface area contributed by atoms with Crippen molar-refractivity contribution in [3.05, 3.63) is 48.0 Å². The fourth-order valence-electron chi connectivity index (χ4n) is 3.09. The van der Waals surface area contributed by atoms with Crippen LogP contribution >= 0.6 is 0 Å². The molecule has 5 nitrogen and oxygen atoms in total. The molecule has 128 valence electrons. The van der Waals surface area contributed by atoms with Gasteiger partial charge < -0.3 is 14.6 Å². The van der Waals surface area contributed by atoms with Gasteiger partial charge in [0.2, 0.25) is 0 Å². The number of nitrogens with one attached hydrogen (secondary N) is 1. The molecule has 1 N–H and O–H groups in total. The molecule has 0 bridgehead atoms. The number of hydrogen-bond donors (Lipinski definition) is 1. The van der Waals surface area contributed by atoms with Crippen LogP contribution in [0.1, 0.15) is 44.0 Å². The number of rotatable bonds is 6. The predicted octanol–water partition coefficient (Wildman–Crippen LogP) is 2.91. The number of carbonyl (C=O) groups is 1. The maximum absolute atomic E-state index is 12.3. The molecule has 0 saturated carbocycles. The summed E-state index contributed by atoms with van der Waals surface area (Å²) in [5, 5.41) is 3.00. The van der Waals surface area contributed by atoms with Crippen LogP contribution in [-0.2, 0) is 17.8 Å². The molecule has 1 aliphatic rings. The van der Waals surface area contributed by atoms with Crippen molar-refractivity contribution in [2.45, 2.75) is 51.7 Å². The lowest BCUT2D eigenvalue weighted by Gasteiger charge is -2.25. The van der Waals surface area contributed by atoms with E-state index in [-0.39, 0.29) is 12.0 Å².